The van der Waals surface area contributed by atoms with Crippen LogP contribution < -0.4 is 4.74 Å². The number of carbonyl (C=O) groups excluding carboxylic acids is 1. The Labute approximate surface area is 165 Å². The molecule has 1 N–H and O–H groups in total. The Morgan fingerprint density at radius 2 is 1.79 bits per heavy atom. The summed E-state index contributed by atoms with van der Waals surface area (Å²) in [5, 5.41) is 10.6. The van der Waals surface area contributed by atoms with Gasteiger partial charge in [-0.2, -0.15) is 0 Å². The largest absolute Gasteiger partial charge is 0.507 e. The average molecular weight is 383 g/mol. The van der Waals surface area contributed by atoms with Crippen molar-refractivity contribution in [2.24, 2.45) is 0 Å². The van der Waals surface area contributed by atoms with Gasteiger partial charge in [-0.3, -0.25) is 9.69 Å². The summed E-state index contributed by atoms with van der Waals surface area (Å²) in [7, 11) is 0. The van der Waals surface area contributed by atoms with E-state index >= 15 is 0 Å². The van der Waals surface area contributed by atoms with Crippen LogP contribution in [0.4, 0.5) is 4.39 Å². The van der Waals surface area contributed by atoms with E-state index in [9.17, 15) is 14.3 Å². The van der Waals surface area contributed by atoms with Gasteiger partial charge in [0.05, 0.1) is 11.1 Å². The van der Waals surface area contributed by atoms with Crippen molar-refractivity contribution in [2.75, 3.05) is 13.1 Å². The summed E-state index contributed by atoms with van der Waals surface area (Å²) < 4.78 is 19.1. The van der Waals surface area contributed by atoms with E-state index in [4.69, 9.17) is 4.74 Å². The molecule has 28 heavy (non-hydrogen) atoms. The second-order valence-corrected chi connectivity index (χ2v) is 7.16. The minimum absolute atomic E-state index is 0.143. The molecule has 0 aromatic heterocycles. The van der Waals surface area contributed by atoms with Crippen LogP contribution in [0.1, 0.15) is 53.7 Å². The number of fused-ring (bicyclic) bond motifs is 1. The lowest BCUT2D eigenvalue weighted by Crippen LogP contribution is -2.25. The van der Waals surface area contributed by atoms with Crippen molar-refractivity contribution < 1.29 is 19.0 Å². The number of phenols is 1. The first kappa shape index (κ1) is 20.1. The van der Waals surface area contributed by atoms with Crippen LogP contribution in [0.5, 0.6) is 11.5 Å². The number of aryl methyl sites for hydroxylation is 1. The Kier molecular flexibility index (Phi) is 6.15. The quantitative estimate of drug-likeness (QED) is 0.678. The molecule has 1 aliphatic heterocycles. The molecule has 5 heteroatoms. The molecule has 3 rings (SSSR count). The van der Waals surface area contributed by atoms with Gasteiger partial charge in [0, 0.05) is 6.54 Å². The predicted molar refractivity (Wildman–Crippen MR) is 108 cm³/mol. The Morgan fingerprint density at radius 3 is 2.39 bits per heavy atom. The fourth-order valence-electron chi connectivity index (χ4n) is 3.57. The molecule has 0 unspecified atom stereocenters. The monoisotopic (exact) mass is 383 g/mol. The van der Waals surface area contributed by atoms with Gasteiger partial charge in [-0.05, 0) is 68.3 Å². The number of phenolic OH excluding ortho intramolecular Hbond substituents is 1. The average Bonchev–Trinajstić information content (AvgIpc) is 2.97. The molecule has 0 radical (unpaired) electrons. The molecule has 0 fully saturated rings. The van der Waals surface area contributed by atoms with Crippen molar-refractivity contribution >= 4 is 11.9 Å². The first-order valence-corrected chi connectivity index (χ1v) is 9.72. The molecular formula is C23H26FNO3. The third kappa shape index (κ3) is 4.09. The number of aromatic hydroxyl groups is 1. The molecule has 148 valence electrons. The SMILES string of the molecule is CCCN(CCC)Cc1c(O)cc(C)c2c1O/C(=C/c1ccc(F)cc1)C2=O. The van der Waals surface area contributed by atoms with Crippen molar-refractivity contribution in [3.05, 3.63) is 64.2 Å². The zero-order valence-corrected chi connectivity index (χ0v) is 16.6. The van der Waals surface area contributed by atoms with Crippen molar-refractivity contribution in [2.45, 2.75) is 40.2 Å². The van der Waals surface area contributed by atoms with Gasteiger partial charge in [-0.25, -0.2) is 4.39 Å². The Bertz CT molecular complexity index is 897. The zero-order chi connectivity index (χ0) is 20.3. The molecule has 0 saturated carbocycles. The standard InChI is InChI=1S/C23H26FNO3/c1-4-10-25(11-5-2)14-18-19(26)12-15(3)21-22(27)20(28-23(18)21)13-16-6-8-17(24)9-7-16/h6-9,12-13,26H,4-5,10-11,14H2,1-3H3/b20-13+. The van der Waals surface area contributed by atoms with Crippen molar-refractivity contribution in [3.8, 4) is 11.5 Å². The highest BCUT2D eigenvalue weighted by atomic mass is 19.1. The first-order valence-electron chi connectivity index (χ1n) is 9.72. The molecule has 0 bridgehead atoms. The fourth-order valence-corrected chi connectivity index (χ4v) is 3.57. The smallest absolute Gasteiger partial charge is 0.232 e. The molecule has 0 aliphatic carbocycles. The summed E-state index contributed by atoms with van der Waals surface area (Å²) in [5.41, 5.74) is 2.49. The van der Waals surface area contributed by atoms with Crippen LogP contribution in [0.3, 0.4) is 0 Å². The highest BCUT2D eigenvalue weighted by molar-refractivity contribution is 6.15. The first-order chi connectivity index (χ1) is 13.4. The van der Waals surface area contributed by atoms with Crippen LogP contribution in [-0.4, -0.2) is 28.9 Å². The summed E-state index contributed by atoms with van der Waals surface area (Å²) in [6.45, 7) is 8.36. The molecule has 4 nitrogen and oxygen atoms in total. The highest BCUT2D eigenvalue weighted by Crippen LogP contribution is 2.42. The van der Waals surface area contributed by atoms with Gasteiger partial charge in [0.25, 0.3) is 0 Å². The van der Waals surface area contributed by atoms with E-state index in [-0.39, 0.29) is 23.1 Å². The van der Waals surface area contributed by atoms with Crippen LogP contribution in [0.25, 0.3) is 6.08 Å². The molecule has 1 heterocycles. The van der Waals surface area contributed by atoms with Gasteiger partial charge >= 0.3 is 0 Å². The lowest BCUT2D eigenvalue weighted by atomic mass is 9.99. The van der Waals surface area contributed by atoms with Crippen LogP contribution in [-0.2, 0) is 6.54 Å². The maximum atomic E-state index is 13.1. The summed E-state index contributed by atoms with van der Waals surface area (Å²) in [6, 6.07) is 7.50. The minimum atomic E-state index is -0.334. The number of allylic oxidation sites excluding steroid dienone is 1. The fraction of sp³-hybridized carbons (Fsp3) is 0.348. The van der Waals surface area contributed by atoms with Crippen molar-refractivity contribution in [1.82, 2.24) is 4.90 Å². The van der Waals surface area contributed by atoms with Gasteiger partial charge < -0.3 is 9.84 Å². The van der Waals surface area contributed by atoms with Gasteiger partial charge in [0.1, 0.15) is 17.3 Å². The summed E-state index contributed by atoms with van der Waals surface area (Å²) in [4.78, 5) is 15.2. The van der Waals surface area contributed by atoms with Crippen molar-refractivity contribution in [1.29, 1.82) is 0 Å². The third-order valence-corrected chi connectivity index (χ3v) is 4.85. The number of benzene rings is 2. The van der Waals surface area contributed by atoms with Crippen LogP contribution in [0.2, 0.25) is 0 Å². The van der Waals surface area contributed by atoms with Crippen LogP contribution >= 0.6 is 0 Å². The number of hydrogen-bond acceptors (Lipinski definition) is 4. The summed E-state index contributed by atoms with van der Waals surface area (Å²) in [5.74, 6) is 0.223. The summed E-state index contributed by atoms with van der Waals surface area (Å²) in [6.07, 6.45) is 3.62. The van der Waals surface area contributed by atoms with E-state index in [1.165, 1.54) is 12.1 Å². The van der Waals surface area contributed by atoms with E-state index in [0.717, 1.165) is 25.9 Å². The predicted octanol–water partition coefficient (Wildman–Crippen LogP) is 5.08. The second kappa shape index (κ2) is 8.57. The van der Waals surface area contributed by atoms with E-state index in [1.54, 1.807) is 31.2 Å². The molecule has 2 aromatic rings. The lowest BCUT2D eigenvalue weighted by molar-refractivity contribution is 0.101. The molecule has 2 aromatic carbocycles. The van der Waals surface area contributed by atoms with Gasteiger partial charge in [0.15, 0.2) is 5.76 Å². The van der Waals surface area contributed by atoms with E-state index in [1.807, 2.05) is 0 Å². The normalized spacial score (nSPS) is 14.6. The van der Waals surface area contributed by atoms with E-state index in [0.29, 0.717) is 34.5 Å². The minimum Gasteiger partial charge on any atom is -0.507 e. The second-order valence-electron chi connectivity index (χ2n) is 7.16. The van der Waals surface area contributed by atoms with Gasteiger partial charge in [-0.15, -0.1) is 0 Å². The Morgan fingerprint density at radius 1 is 1.14 bits per heavy atom. The lowest BCUT2D eigenvalue weighted by Gasteiger charge is -2.22. The maximum absolute atomic E-state index is 13.1. The number of nitrogens with zero attached hydrogens (tertiary/aromatic N) is 1. The number of hydrogen-bond donors (Lipinski definition) is 1. The number of rotatable bonds is 7. The number of ketones is 1. The van der Waals surface area contributed by atoms with E-state index in [2.05, 4.69) is 18.7 Å². The van der Waals surface area contributed by atoms with Gasteiger partial charge in [-0.1, -0.05) is 26.0 Å². The van der Waals surface area contributed by atoms with E-state index < -0.39 is 0 Å². The Balaban J connectivity index is 1.98. The van der Waals surface area contributed by atoms with Gasteiger partial charge in [0.2, 0.25) is 5.78 Å². The molecule has 0 amide bonds. The molecule has 0 saturated heterocycles. The van der Waals surface area contributed by atoms with Crippen LogP contribution in [0, 0.1) is 12.7 Å². The topological polar surface area (TPSA) is 49.8 Å². The highest BCUT2D eigenvalue weighted by Gasteiger charge is 2.33. The molecule has 0 atom stereocenters. The third-order valence-electron chi connectivity index (χ3n) is 4.85. The Hall–Kier alpha value is -2.66. The molecule has 0 spiro atoms. The summed E-state index contributed by atoms with van der Waals surface area (Å²) >= 11 is 0. The number of ether oxygens (including phenoxy) is 1. The van der Waals surface area contributed by atoms with Crippen LogP contribution in [0.15, 0.2) is 36.1 Å². The zero-order valence-electron chi connectivity index (χ0n) is 16.6. The number of carbonyl (C=O) groups is 1. The molecule has 1 aliphatic rings. The number of Topliss-reactive ketones (excluding diaryl/α,β-unsaturated/α-hetero) is 1. The van der Waals surface area contributed by atoms with Crippen molar-refractivity contribution in [3.63, 3.8) is 0 Å². The molecular weight excluding hydrogens is 357 g/mol. The maximum Gasteiger partial charge on any atom is 0.232 e. The number of halogens is 1.